The van der Waals surface area contributed by atoms with Crippen LogP contribution in [0, 0.1) is 6.92 Å². The number of rotatable bonds is 1. The van der Waals surface area contributed by atoms with Crippen molar-refractivity contribution in [2.75, 3.05) is 0 Å². The molecular formula is C17H13N3. The Morgan fingerprint density at radius 2 is 1.55 bits per heavy atom. The van der Waals surface area contributed by atoms with Crippen LogP contribution < -0.4 is 0 Å². The molecule has 0 aliphatic carbocycles. The molecule has 0 saturated carbocycles. The number of fused-ring (bicyclic) bond motifs is 3. The quantitative estimate of drug-likeness (QED) is 0.519. The number of para-hydroxylation sites is 1. The van der Waals surface area contributed by atoms with Crippen LogP contribution >= 0.6 is 0 Å². The molecule has 0 amide bonds. The minimum Gasteiger partial charge on any atom is -0.278 e. The monoisotopic (exact) mass is 259 g/mol. The SMILES string of the molecule is Cc1ccc2c(c1)c1ccccc1n2-c1ncccn1. The van der Waals surface area contributed by atoms with E-state index in [-0.39, 0.29) is 0 Å². The molecule has 0 N–H and O–H groups in total. The van der Waals surface area contributed by atoms with Crippen LogP contribution in [0.15, 0.2) is 60.9 Å². The first kappa shape index (κ1) is 11.2. The van der Waals surface area contributed by atoms with E-state index < -0.39 is 0 Å². The maximum Gasteiger partial charge on any atom is 0.234 e. The Balaban J connectivity index is 2.22. The van der Waals surface area contributed by atoms with Gasteiger partial charge in [-0.2, -0.15) is 0 Å². The van der Waals surface area contributed by atoms with Crippen LogP contribution in [-0.2, 0) is 0 Å². The summed E-state index contributed by atoms with van der Waals surface area (Å²) in [5, 5.41) is 2.48. The average Bonchev–Trinajstić information content (AvgIpc) is 2.82. The highest BCUT2D eigenvalue weighted by molar-refractivity contribution is 6.09. The fourth-order valence-corrected chi connectivity index (χ4v) is 2.71. The van der Waals surface area contributed by atoms with Gasteiger partial charge in [0.05, 0.1) is 11.0 Å². The first-order valence-electron chi connectivity index (χ1n) is 6.62. The maximum absolute atomic E-state index is 4.40. The molecule has 3 heteroatoms. The Kier molecular flexibility index (Phi) is 2.33. The molecule has 0 atom stereocenters. The lowest BCUT2D eigenvalue weighted by molar-refractivity contribution is 0.988. The zero-order valence-electron chi connectivity index (χ0n) is 11.1. The van der Waals surface area contributed by atoms with Crippen molar-refractivity contribution in [3.63, 3.8) is 0 Å². The lowest BCUT2D eigenvalue weighted by Gasteiger charge is -2.04. The van der Waals surface area contributed by atoms with Crippen molar-refractivity contribution in [1.29, 1.82) is 0 Å². The van der Waals surface area contributed by atoms with Crippen LogP contribution in [0.2, 0.25) is 0 Å². The van der Waals surface area contributed by atoms with Crippen LogP contribution in [0.3, 0.4) is 0 Å². The zero-order valence-corrected chi connectivity index (χ0v) is 11.1. The number of hydrogen-bond donors (Lipinski definition) is 0. The van der Waals surface area contributed by atoms with Crippen molar-refractivity contribution in [3.05, 3.63) is 66.5 Å². The fourth-order valence-electron chi connectivity index (χ4n) is 2.71. The summed E-state index contributed by atoms with van der Waals surface area (Å²) in [7, 11) is 0. The van der Waals surface area contributed by atoms with Crippen molar-refractivity contribution in [2.45, 2.75) is 6.92 Å². The standard InChI is InChI=1S/C17H13N3/c1-12-7-8-16-14(11-12)13-5-2-3-6-15(13)20(16)17-18-9-4-10-19-17/h2-11H,1H3. The van der Waals surface area contributed by atoms with Gasteiger partial charge < -0.3 is 0 Å². The molecule has 0 fully saturated rings. The Hall–Kier alpha value is -2.68. The average molecular weight is 259 g/mol. The van der Waals surface area contributed by atoms with E-state index in [4.69, 9.17) is 0 Å². The highest BCUT2D eigenvalue weighted by atomic mass is 15.1. The molecule has 2 aromatic carbocycles. The second-order valence-corrected chi connectivity index (χ2v) is 4.92. The van der Waals surface area contributed by atoms with E-state index in [1.165, 1.54) is 16.3 Å². The number of nitrogens with zero attached hydrogens (tertiary/aromatic N) is 3. The van der Waals surface area contributed by atoms with Crippen molar-refractivity contribution in [3.8, 4) is 5.95 Å². The Morgan fingerprint density at radius 1 is 0.800 bits per heavy atom. The van der Waals surface area contributed by atoms with E-state index in [2.05, 4.69) is 57.9 Å². The van der Waals surface area contributed by atoms with Gasteiger partial charge in [0.2, 0.25) is 5.95 Å². The van der Waals surface area contributed by atoms with E-state index in [0.717, 1.165) is 11.0 Å². The molecule has 4 aromatic rings. The first-order chi connectivity index (χ1) is 9.84. The van der Waals surface area contributed by atoms with Crippen LogP contribution in [0.1, 0.15) is 5.56 Å². The molecule has 2 aromatic heterocycles. The van der Waals surface area contributed by atoms with Crippen LogP contribution in [0.25, 0.3) is 27.8 Å². The molecule has 0 aliphatic rings. The predicted octanol–water partition coefficient (Wildman–Crippen LogP) is 3.88. The second kappa shape index (κ2) is 4.17. The summed E-state index contributed by atoms with van der Waals surface area (Å²) in [6.07, 6.45) is 3.55. The first-order valence-corrected chi connectivity index (χ1v) is 6.62. The summed E-state index contributed by atoms with van der Waals surface area (Å²) in [6.45, 7) is 2.12. The minimum atomic E-state index is 0.711. The summed E-state index contributed by atoms with van der Waals surface area (Å²) in [5.41, 5.74) is 3.54. The predicted molar refractivity (Wildman–Crippen MR) is 81.1 cm³/mol. The highest BCUT2D eigenvalue weighted by Crippen LogP contribution is 2.31. The van der Waals surface area contributed by atoms with Gasteiger partial charge in [-0.1, -0.05) is 29.8 Å². The summed E-state index contributed by atoms with van der Waals surface area (Å²) >= 11 is 0. The summed E-state index contributed by atoms with van der Waals surface area (Å²) in [5.74, 6) is 0.711. The third-order valence-electron chi connectivity index (χ3n) is 3.58. The van der Waals surface area contributed by atoms with Gasteiger partial charge >= 0.3 is 0 Å². The molecule has 0 aliphatic heterocycles. The third kappa shape index (κ3) is 1.53. The largest absolute Gasteiger partial charge is 0.278 e. The van der Waals surface area contributed by atoms with Gasteiger partial charge in [0.1, 0.15) is 0 Å². The molecule has 20 heavy (non-hydrogen) atoms. The molecule has 0 unspecified atom stereocenters. The minimum absolute atomic E-state index is 0.711. The lowest BCUT2D eigenvalue weighted by Crippen LogP contribution is -1.99. The molecule has 0 saturated heterocycles. The molecule has 2 heterocycles. The van der Waals surface area contributed by atoms with Gasteiger partial charge in [0, 0.05) is 23.2 Å². The van der Waals surface area contributed by atoms with Crippen LogP contribution in [0.4, 0.5) is 0 Å². The number of hydrogen-bond acceptors (Lipinski definition) is 2. The van der Waals surface area contributed by atoms with Gasteiger partial charge in [-0.3, -0.25) is 4.57 Å². The molecule has 0 radical (unpaired) electrons. The Morgan fingerprint density at radius 3 is 2.40 bits per heavy atom. The molecule has 4 rings (SSSR count). The topological polar surface area (TPSA) is 30.7 Å². The van der Waals surface area contributed by atoms with Crippen molar-refractivity contribution < 1.29 is 0 Å². The van der Waals surface area contributed by atoms with Crippen molar-refractivity contribution in [2.24, 2.45) is 0 Å². The van der Waals surface area contributed by atoms with Crippen LogP contribution in [-0.4, -0.2) is 14.5 Å². The molecule has 0 bridgehead atoms. The molecular weight excluding hydrogens is 246 g/mol. The molecule has 96 valence electrons. The van der Waals surface area contributed by atoms with E-state index in [1.807, 2.05) is 12.1 Å². The number of aromatic nitrogens is 3. The van der Waals surface area contributed by atoms with E-state index in [0.29, 0.717) is 5.95 Å². The Bertz CT molecular complexity index is 907. The molecule has 3 nitrogen and oxygen atoms in total. The van der Waals surface area contributed by atoms with Crippen molar-refractivity contribution >= 4 is 21.8 Å². The summed E-state index contributed by atoms with van der Waals surface area (Å²) in [6, 6.07) is 16.7. The van der Waals surface area contributed by atoms with Crippen molar-refractivity contribution in [1.82, 2.24) is 14.5 Å². The highest BCUT2D eigenvalue weighted by Gasteiger charge is 2.12. The van der Waals surface area contributed by atoms with E-state index in [9.17, 15) is 0 Å². The normalized spacial score (nSPS) is 11.2. The summed E-state index contributed by atoms with van der Waals surface area (Å²) in [4.78, 5) is 8.79. The third-order valence-corrected chi connectivity index (χ3v) is 3.58. The number of aryl methyl sites for hydroxylation is 1. The maximum atomic E-state index is 4.40. The fraction of sp³-hybridized carbons (Fsp3) is 0.0588. The number of benzene rings is 2. The lowest BCUT2D eigenvalue weighted by atomic mass is 10.1. The molecule has 0 spiro atoms. The van der Waals surface area contributed by atoms with Gasteiger partial charge in [0.25, 0.3) is 0 Å². The Labute approximate surface area is 116 Å². The van der Waals surface area contributed by atoms with Gasteiger partial charge in [0.15, 0.2) is 0 Å². The van der Waals surface area contributed by atoms with Crippen LogP contribution in [0.5, 0.6) is 0 Å². The smallest absolute Gasteiger partial charge is 0.234 e. The van der Waals surface area contributed by atoms with E-state index in [1.54, 1.807) is 12.4 Å². The van der Waals surface area contributed by atoms with Gasteiger partial charge in [-0.25, -0.2) is 9.97 Å². The van der Waals surface area contributed by atoms with Gasteiger partial charge in [-0.05, 0) is 31.2 Å². The van der Waals surface area contributed by atoms with Gasteiger partial charge in [-0.15, -0.1) is 0 Å². The summed E-state index contributed by atoms with van der Waals surface area (Å²) < 4.78 is 2.12. The zero-order chi connectivity index (χ0) is 13.5. The van der Waals surface area contributed by atoms with E-state index >= 15 is 0 Å². The second-order valence-electron chi connectivity index (χ2n) is 4.92.